The average Bonchev–Trinajstić information content (AvgIpc) is 2.96. The van der Waals surface area contributed by atoms with E-state index in [0.717, 1.165) is 33.9 Å². The molecule has 5 rings (SSSR count). The van der Waals surface area contributed by atoms with E-state index in [1.165, 1.54) is 12.1 Å². The van der Waals surface area contributed by atoms with Gasteiger partial charge in [0, 0.05) is 5.56 Å². The van der Waals surface area contributed by atoms with Crippen LogP contribution in [-0.4, -0.2) is 5.78 Å². The molecule has 0 aromatic heterocycles. The van der Waals surface area contributed by atoms with Crippen LogP contribution < -0.4 is 10.6 Å². The number of benzene rings is 5. The SMILES string of the molecule is O=C(c1ccc(-c2ccc(C(F)(F)F)cc2)cc1)C(c1ccccc1)P(c1ccccc1)c1ccccc1. The Morgan fingerprint density at radius 1 is 0.553 bits per heavy atom. The number of carbonyl (C=O) groups is 1. The van der Waals surface area contributed by atoms with Crippen LogP contribution in [0, 0.1) is 0 Å². The Kier molecular flexibility index (Phi) is 7.53. The van der Waals surface area contributed by atoms with Crippen molar-refractivity contribution in [3.05, 3.63) is 156 Å². The largest absolute Gasteiger partial charge is 0.416 e. The van der Waals surface area contributed by atoms with Crippen LogP contribution in [0.2, 0.25) is 0 Å². The van der Waals surface area contributed by atoms with E-state index in [9.17, 15) is 18.0 Å². The third kappa shape index (κ3) is 5.61. The van der Waals surface area contributed by atoms with Crippen molar-refractivity contribution in [1.82, 2.24) is 0 Å². The molecule has 0 aliphatic heterocycles. The molecule has 0 spiro atoms. The first kappa shape index (κ1) is 25.6. The minimum atomic E-state index is -4.38. The number of hydrogen-bond donors (Lipinski definition) is 0. The van der Waals surface area contributed by atoms with Crippen molar-refractivity contribution in [2.75, 3.05) is 0 Å². The van der Waals surface area contributed by atoms with E-state index < -0.39 is 25.3 Å². The Morgan fingerprint density at radius 2 is 0.974 bits per heavy atom. The summed E-state index contributed by atoms with van der Waals surface area (Å²) in [5.41, 5.74) is 1.83. The minimum Gasteiger partial charge on any atom is -0.293 e. The van der Waals surface area contributed by atoms with Crippen LogP contribution in [0.4, 0.5) is 13.2 Å². The highest BCUT2D eigenvalue weighted by atomic mass is 31.1. The van der Waals surface area contributed by atoms with Crippen LogP contribution >= 0.6 is 7.92 Å². The van der Waals surface area contributed by atoms with Crippen molar-refractivity contribution in [2.45, 2.75) is 11.8 Å². The number of rotatable bonds is 7. The fourth-order valence-electron chi connectivity index (χ4n) is 4.51. The predicted octanol–water partition coefficient (Wildman–Crippen LogP) is 8.43. The Bertz CT molecular complexity index is 1440. The van der Waals surface area contributed by atoms with Crippen LogP contribution in [0.25, 0.3) is 11.1 Å². The van der Waals surface area contributed by atoms with Gasteiger partial charge in [-0.15, -0.1) is 0 Å². The van der Waals surface area contributed by atoms with Crippen LogP contribution in [0.1, 0.15) is 27.1 Å². The average molecular weight is 525 g/mol. The molecule has 38 heavy (non-hydrogen) atoms. The number of carbonyl (C=O) groups excluding carboxylic acids is 1. The summed E-state index contributed by atoms with van der Waals surface area (Å²) in [7, 11) is -1.08. The van der Waals surface area contributed by atoms with Gasteiger partial charge in [-0.25, -0.2) is 0 Å². The molecule has 0 fully saturated rings. The van der Waals surface area contributed by atoms with Gasteiger partial charge < -0.3 is 0 Å². The predicted molar refractivity (Wildman–Crippen MR) is 149 cm³/mol. The summed E-state index contributed by atoms with van der Waals surface area (Å²) in [5, 5.41) is 2.22. The fraction of sp³-hybridized carbons (Fsp3) is 0.0606. The molecule has 1 atom stereocenters. The highest BCUT2D eigenvalue weighted by Gasteiger charge is 2.33. The summed E-state index contributed by atoms with van der Waals surface area (Å²) in [4.78, 5) is 14.2. The first-order chi connectivity index (χ1) is 18.4. The molecule has 0 radical (unpaired) electrons. The molecule has 5 heteroatoms. The van der Waals surface area contributed by atoms with Gasteiger partial charge in [0.1, 0.15) is 0 Å². The summed E-state index contributed by atoms with van der Waals surface area (Å²) >= 11 is 0. The van der Waals surface area contributed by atoms with Gasteiger partial charge in [-0.2, -0.15) is 13.2 Å². The quantitative estimate of drug-likeness (QED) is 0.154. The lowest BCUT2D eigenvalue weighted by molar-refractivity contribution is -0.137. The summed E-state index contributed by atoms with van der Waals surface area (Å²) in [6, 6.07) is 42.3. The monoisotopic (exact) mass is 524 g/mol. The van der Waals surface area contributed by atoms with E-state index in [1.807, 2.05) is 66.7 Å². The molecule has 5 aromatic carbocycles. The third-order valence-corrected chi connectivity index (χ3v) is 9.16. The Morgan fingerprint density at radius 3 is 1.42 bits per heavy atom. The molecule has 0 bridgehead atoms. The second kappa shape index (κ2) is 11.2. The van der Waals surface area contributed by atoms with Crippen LogP contribution in [-0.2, 0) is 6.18 Å². The molecule has 0 saturated carbocycles. The van der Waals surface area contributed by atoms with Gasteiger partial charge in [-0.3, -0.25) is 4.79 Å². The number of hydrogen-bond acceptors (Lipinski definition) is 1. The molecule has 0 heterocycles. The summed E-state index contributed by atoms with van der Waals surface area (Å²) < 4.78 is 38.9. The molecule has 5 aromatic rings. The molecule has 188 valence electrons. The minimum absolute atomic E-state index is 0.00832. The maximum atomic E-state index is 14.2. The number of ketones is 1. The topological polar surface area (TPSA) is 17.1 Å². The van der Waals surface area contributed by atoms with Crippen molar-refractivity contribution in [3.8, 4) is 11.1 Å². The molecule has 1 nitrogen and oxygen atoms in total. The third-order valence-electron chi connectivity index (χ3n) is 6.41. The lowest BCUT2D eigenvalue weighted by atomic mass is 9.98. The first-order valence-corrected chi connectivity index (χ1v) is 13.6. The summed E-state index contributed by atoms with van der Waals surface area (Å²) in [5.74, 6) is 0.00832. The van der Waals surface area contributed by atoms with E-state index in [1.54, 1.807) is 24.3 Å². The maximum absolute atomic E-state index is 14.2. The van der Waals surface area contributed by atoms with E-state index in [4.69, 9.17) is 0 Å². The van der Waals surface area contributed by atoms with Crippen molar-refractivity contribution in [2.24, 2.45) is 0 Å². The smallest absolute Gasteiger partial charge is 0.293 e. The van der Waals surface area contributed by atoms with E-state index in [0.29, 0.717) is 11.1 Å². The first-order valence-electron chi connectivity index (χ1n) is 12.2. The van der Waals surface area contributed by atoms with Gasteiger partial charge >= 0.3 is 6.18 Å². The van der Waals surface area contributed by atoms with Gasteiger partial charge in [0.2, 0.25) is 0 Å². The van der Waals surface area contributed by atoms with Crippen molar-refractivity contribution in [3.63, 3.8) is 0 Å². The van der Waals surface area contributed by atoms with E-state index in [2.05, 4.69) is 24.3 Å². The highest BCUT2D eigenvalue weighted by molar-refractivity contribution is 7.74. The molecule has 0 aliphatic rings. The van der Waals surface area contributed by atoms with E-state index >= 15 is 0 Å². The molecular weight excluding hydrogens is 500 g/mol. The Labute approximate surface area is 221 Å². The van der Waals surface area contributed by atoms with Gasteiger partial charge in [0.05, 0.1) is 11.2 Å². The standard InChI is InChI=1S/C33H24F3OP/c34-33(35,36)28-22-20-25(21-23-28)24-16-18-26(19-17-24)31(37)32(27-10-4-1-5-11-27)38(29-12-6-2-7-13-29)30-14-8-3-9-15-30/h1-23,32H. The zero-order valence-corrected chi connectivity index (χ0v) is 21.2. The molecule has 0 amide bonds. The van der Waals surface area contributed by atoms with Crippen molar-refractivity contribution < 1.29 is 18.0 Å². The van der Waals surface area contributed by atoms with Crippen molar-refractivity contribution in [1.29, 1.82) is 0 Å². The second-order valence-electron chi connectivity index (χ2n) is 8.87. The number of alkyl halides is 3. The van der Waals surface area contributed by atoms with Crippen LogP contribution in [0.3, 0.4) is 0 Å². The van der Waals surface area contributed by atoms with Gasteiger partial charge in [-0.1, -0.05) is 127 Å². The van der Waals surface area contributed by atoms with Gasteiger partial charge in [-0.05, 0) is 47.4 Å². The fourth-order valence-corrected chi connectivity index (χ4v) is 7.25. The molecule has 0 N–H and O–H groups in total. The maximum Gasteiger partial charge on any atom is 0.416 e. The zero-order chi connectivity index (χ0) is 26.5. The molecular formula is C33H24F3OP. The van der Waals surface area contributed by atoms with Crippen molar-refractivity contribution >= 4 is 24.3 Å². The Hall–Kier alpha value is -4.01. The summed E-state index contributed by atoms with van der Waals surface area (Å²) in [6.45, 7) is 0. The van der Waals surface area contributed by atoms with Gasteiger partial charge in [0.15, 0.2) is 5.78 Å². The van der Waals surface area contributed by atoms with Crippen LogP contribution in [0.15, 0.2) is 140 Å². The normalized spacial score (nSPS) is 12.3. The molecule has 0 aliphatic carbocycles. The summed E-state index contributed by atoms with van der Waals surface area (Å²) in [6.07, 6.45) is -4.38. The molecule has 1 unspecified atom stereocenters. The molecule has 0 saturated heterocycles. The highest BCUT2D eigenvalue weighted by Crippen LogP contribution is 2.51. The number of halogens is 3. The Balaban J connectivity index is 1.54. The lowest BCUT2D eigenvalue weighted by Crippen LogP contribution is -2.23. The lowest BCUT2D eigenvalue weighted by Gasteiger charge is -2.28. The number of Topliss-reactive ketones (excluding diaryl/α,β-unsaturated/α-hetero) is 1. The zero-order valence-electron chi connectivity index (χ0n) is 20.3. The second-order valence-corrected chi connectivity index (χ2v) is 11.2. The van der Waals surface area contributed by atoms with E-state index in [-0.39, 0.29) is 5.78 Å². The van der Waals surface area contributed by atoms with Gasteiger partial charge in [0.25, 0.3) is 0 Å². The van der Waals surface area contributed by atoms with Crippen LogP contribution in [0.5, 0.6) is 0 Å².